The molecule has 4 rings (SSSR count). The van der Waals surface area contributed by atoms with E-state index >= 15 is 0 Å². The topological polar surface area (TPSA) is 69.7 Å². The van der Waals surface area contributed by atoms with Gasteiger partial charge in [-0.15, -0.1) is 0 Å². The Hall–Kier alpha value is -3.15. The third-order valence-corrected chi connectivity index (χ3v) is 7.00. The summed E-state index contributed by atoms with van der Waals surface area (Å²) in [6, 6.07) is 18.1. The van der Waals surface area contributed by atoms with Gasteiger partial charge in [-0.25, -0.2) is 0 Å². The first kappa shape index (κ1) is 24.0. The molecule has 6 heteroatoms. The SMILES string of the molecule is O=C(N[C@H](Cc1ccccc1)C(=O)N1CCC(C(=O)N2CCCCCC2)CC1)c1ccccc1. The van der Waals surface area contributed by atoms with Crippen LogP contribution in [0, 0.1) is 5.92 Å². The van der Waals surface area contributed by atoms with E-state index in [0.29, 0.717) is 37.9 Å². The van der Waals surface area contributed by atoms with Crippen molar-refractivity contribution in [3.63, 3.8) is 0 Å². The van der Waals surface area contributed by atoms with Gasteiger partial charge in [0.25, 0.3) is 5.91 Å². The molecule has 0 radical (unpaired) electrons. The van der Waals surface area contributed by atoms with E-state index in [1.54, 1.807) is 12.1 Å². The van der Waals surface area contributed by atoms with E-state index in [9.17, 15) is 14.4 Å². The average Bonchev–Trinajstić information content (AvgIpc) is 3.18. The maximum Gasteiger partial charge on any atom is 0.251 e. The van der Waals surface area contributed by atoms with E-state index in [1.165, 1.54) is 12.8 Å². The fourth-order valence-corrected chi connectivity index (χ4v) is 5.00. The second kappa shape index (κ2) is 11.8. The molecule has 2 aromatic carbocycles. The second-order valence-corrected chi connectivity index (χ2v) is 9.42. The van der Waals surface area contributed by atoms with E-state index < -0.39 is 6.04 Å². The van der Waals surface area contributed by atoms with Gasteiger partial charge in [0.05, 0.1) is 0 Å². The number of nitrogens with zero attached hydrogens (tertiary/aromatic N) is 2. The van der Waals surface area contributed by atoms with Crippen molar-refractivity contribution in [1.29, 1.82) is 0 Å². The van der Waals surface area contributed by atoms with Crippen LogP contribution in [-0.4, -0.2) is 59.7 Å². The molecule has 2 saturated heterocycles. The van der Waals surface area contributed by atoms with Crippen LogP contribution in [0.2, 0.25) is 0 Å². The molecule has 0 saturated carbocycles. The molecule has 2 aliphatic heterocycles. The van der Waals surface area contributed by atoms with E-state index in [1.807, 2.05) is 58.3 Å². The average molecular weight is 462 g/mol. The number of rotatable bonds is 6. The van der Waals surface area contributed by atoms with Gasteiger partial charge in [-0.2, -0.15) is 0 Å². The zero-order valence-corrected chi connectivity index (χ0v) is 19.8. The largest absolute Gasteiger partial charge is 0.342 e. The summed E-state index contributed by atoms with van der Waals surface area (Å²) in [6.07, 6.45) is 6.39. The zero-order valence-electron chi connectivity index (χ0n) is 19.8. The Balaban J connectivity index is 1.39. The lowest BCUT2D eigenvalue weighted by atomic mass is 9.94. The Kier molecular flexibility index (Phi) is 8.34. The van der Waals surface area contributed by atoms with Gasteiger partial charge >= 0.3 is 0 Å². The number of piperidine rings is 1. The van der Waals surface area contributed by atoms with E-state index in [0.717, 1.165) is 31.5 Å². The predicted octanol–water partition coefficient (Wildman–Crippen LogP) is 3.67. The van der Waals surface area contributed by atoms with Crippen LogP contribution in [0.15, 0.2) is 60.7 Å². The normalized spacial score (nSPS) is 18.1. The van der Waals surface area contributed by atoms with Crippen molar-refractivity contribution < 1.29 is 14.4 Å². The van der Waals surface area contributed by atoms with Crippen LogP contribution in [0.5, 0.6) is 0 Å². The fourth-order valence-electron chi connectivity index (χ4n) is 5.00. The number of hydrogen-bond acceptors (Lipinski definition) is 3. The van der Waals surface area contributed by atoms with Crippen LogP contribution in [-0.2, 0) is 16.0 Å². The number of carbonyl (C=O) groups is 3. The molecule has 0 aliphatic carbocycles. The zero-order chi connectivity index (χ0) is 23.8. The molecule has 1 N–H and O–H groups in total. The van der Waals surface area contributed by atoms with Gasteiger partial charge in [0.2, 0.25) is 11.8 Å². The Morgan fingerprint density at radius 3 is 1.97 bits per heavy atom. The summed E-state index contributed by atoms with van der Waals surface area (Å²) in [5.74, 6) is -0.0734. The minimum absolute atomic E-state index is 0.00590. The highest BCUT2D eigenvalue weighted by Gasteiger charge is 2.33. The highest BCUT2D eigenvalue weighted by atomic mass is 16.2. The van der Waals surface area contributed by atoms with Gasteiger partial charge in [-0.1, -0.05) is 61.4 Å². The molecule has 180 valence electrons. The number of hydrogen-bond donors (Lipinski definition) is 1. The summed E-state index contributed by atoms with van der Waals surface area (Å²) in [5, 5.41) is 2.97. The lowest BCUT2D eigenvalue weighted by Gasteiger charge is -2.35. The molecule has 6 nitrogen and oxygen atoms in total. The molecule has 3 amide bonds. The lowest BCUT2D eigenvalue weighted by molar-refractivity contribution is -0.141. The van der Waals surface area contributed by atoms with E-state index in [-0.39, 0.29) is 23.6 Å². The van der Waals surface area contributed by atoms with E-state index in [2.05, 4.69) is 5.32 Å². The molecule has 0 spiro atoms. The van der Waals surface area contributed by atoms with Crippen LogP contribution >= 0.6 is 0 Å². The first-order valence-corrected chi connectivity index (χ1v) is 12.6. The molecule has 2 aliphatic rings. The molecule has 2 fully saturated rings. The van der Waals surface area contributed by atoms with Gasteiger partial charge in [-0.3, -0.25) is 14.4 Å². The van der Waals surface area contributed by atoms with Crippen molar-refractivity contribution in [2.75, 3.05) is 26.2 Å². The maximum atomic E-state index is 13.5. The van der Waals surface area contributed by atoms with Gasteiger partial charge in [0, 0.05) is 44.1 Å². The number of benzene rings is 2. The molecule has 0 bridgehead atoms. The Bertz CT molecular complexity index is 947. The van der Waals surface area contributed by atoms with Crippen molar-refractivity contribution >= 4 is 17.7 Å². The smallest absolute Gasteiger partial charge is 0.251 e. The van der Waals surface area contributed by atoms with Crippen molar-refractivity contribution in [1.82, 2.24) is 15.1 Å². The van der Waals surface area contributed by atoms with Crippen LogP contribution in [0.3, 0.4) is 0 Å². The minimum atomic E-state index is -0.645. The van der Waals surface area contributed by atoms with Gasteiger partial charge in [0.15, 0.2) is 0 Å². The van der Waals surface area contributed by atoms with Crippen LogP contribution in [0.1, 0.15) is 54.4 Å². The van der Waals surface area contributed by atoms with Crippen LogP contribution in [0.4, 0.5) is 0 Å². The third kappa shape index (κ3) is 6.25. The van der Waals surface area contributed by atoms with Gasteiger partial charge < -0.3 is 15.1 Å². The highest BCUT2D eigenvalue weighted by Crippen LogP contribution is 2.23. The molecule has 2 heterocycles. The standard InChI is InChI=1S/C28H35N3O3/c32-26(23-13-7-4-8-14-23)29-25(21-22-11-5-3-6-12-22)28(34)31-19-15-24(16-20-31)27(33)30-17-9-1-2-10-18-30/h3-8,11-14,24-25H,1-2,9-10,15-21H2,(H,29,32)/t25-/m1/s1. The number of likely N-dealkylation sites (tertiary alicyclic amines) is 2. The number of amides is 3. The summed E-state index contributed by atoms with van der Waals surface area (Å²) >= 11 is 0. The Morgan fingerprint density at radius 1 is 0.765 bits per heavy atom. The predicted molar refractivity (Wildman–Crippen MR) is 132 cm³/mol. The molecule has 34 heavy (non-hydrogen) atoms. The van der Waals surface area contributed by atoms with Crippen molar-refractivity contribution in [2.24, 2.45) is 5.92 Å². The number of nitrogens with one attached hydrogen (secondary N) is 1. The van der Waals surface area contributed by atoms with Crippen molar-refractivity contribution in [2.45, 2.75) is 51.0 Å². The van der Waals surface area contributed by atoms with Gasteiger partial charge in [0.1, 0.15) is 6.04 Å². The Morgan fingerprint density at radius 2 is 1.35 bits per heavy atom. The fraction of sp³-hybridized carbons (Fsp3) is 0.464. The summed E-state index contributed by atoms with van der Waals surface area (Å²) in [6.45, 7) is 2.83. The van der Waals surface area contributed by atoms with E-state index in [4.69, 9.17) is 0 Å². The summed E-state index contributed by atoms with van der Waals surface area (Å²) in [5.41, 5.74) is 1.54. The first-order chi connectivity index (χ1) is 16.6. The molecule has 2 aromatic rings. The molecule has 0 aromatic heterocycles. The Labute approximate surface area is 202 Å². The summed E-state index contributed by atoms with van der Waals surface area (Å²) in [7, 11) is 0. The lowest BCUT2D eigenvalue weighted by Crippen LogP contribution is -2.52. The van der Waals surface area contributed by atoms with Crippen LogP contribution < -0.4 is 5.32 Å². The molecule has 0 unspecified atom stereocenters. The molecular formula is C28H35N3O3. The third-order valence-electron chi connectivity index (χ3n) is 7.00. The second-order valence-electron chi connectivity index (χ2n) is 9.42. The minimum Gasteiger partial charge on any atom is -0.342 e. The van der Waals surface area contributed by atoms with Crippen LogP contribution in [0.25, 0.3) is 0 Å². The monoisotopic (exact) mass is 461 g/mol. The quantitative estimate of drug-likeness (QED) is 0.714. The highest BCUT2D eigenvalue weighted by molar-refractivity contribution is 5.97. The number of carbonyl (C=O) groups excluding carboxylic acids is 3. The van der Waals surface area contributed by atoms with Crippen molar-refractivity contribution in [3.05, 3.63) is 71.8 Å². The first-order valence-electron chi connectivity index (χ1n) is 12.6. The van der Waals surface area contributed by atoms with Crippen molar-refractivity contribution in [3.8, 4) is 0 Å². The maximum absolute atomic E-state index is 13.5. The summed E-state index contributed by atoms with van der Waals surface area (Å²) in [4.78, 5) is 43.2. The van der Waals surface area contributed by atoms with Gasteiger partial charge in [-0.05, 0) is 43.4 Å². The molecular weight excluding hydrogens is 426 g/mol. The molecule has 1 atom stereocenters. The summed E-state index contributed by atoms with van der Waals surface area (Å²) < 4.78 is 0.